The Labute approximate surface area is 259 Å². The molecule has 2 aromatic rings. The van der Waals surface area contributed by atoms with E-state index in [4.69, 9.17) is 0 Å². The van der Waals surface area contributed by atoms with Gasteiger partial charge in [-0.05, 0) is 117 Å². The van der Waals surface area contributed by atoms with Crippen LogP contribution in [0.25, 0.3) is 0 Å². The quantitative estimate of drug-likeness (QED) is 0.304. The number of sulfone groups is 1. The molecule has 2 N–H and O–H groups in total. The smallest absolute Gasteiger partial charge is 0.181 e. The maximum Gasteiger partial charge on any atom is 0.181 e. The highest BCUT2D eigenvalue weighted by molar-refractivity contribution is 7.92. The molecule has 2 fully saturated rings. The Kier molecular flexibility index (Phi) is 8.09. The van der Waals surface area contributed by atoms with E-state index in [1.807, 2.05) is 43.3 Å². The molecule has 232 valence electrons. The van der Waals surface area contributed by atoms with Gasteiger partial charge >= 0.3 is 0 Å². The molecule has 0 bridgehead atoms. The maximum atomic E-state index is 14.3. The standard InChI is InChI=1S/C38H50O4S/c1-26(35(43(41,42)30-13-9-6-10-14-30)24-29(39)23-27-11-7-5-8-12-27)32-17-18-33-31-16-15-28-25-36(2,40)21-22-37(28,3)34(31)19-20-38(32,33)4/h5-15,17,26,29,31,33-35,39-40H,16,18-25H2,1-4H3/t26-,29?,31-,33-,34-,35?,36-,37-,38+/m0/s1. The van der Waals surface area contributed by atoms with Crippen LogP contribution in [0.15, 0.2) is 88.9 Å². The molecule has 0 heterocycles. The Hall–Kier alpha value is -2.21. The fraction of sp³-hybridized carbons (Fsp3) is 0.579. The number of allylic oxidation sites excluding steroid dienone is 3. The van der Waals surface area contributed by atoms with Crippen LogP contribution in [-0.4, -0.2) is 35.6 Å². The molecular formula is C38H50O4S. The highest BCUT2D eigenvalue weighted by atomic mass is 32.2. The number of rotatable bonds is 8. The van der Waals surface area contributed by atoms with Crippen LogP contribution in [0.1, 0.15) is 84.6 Å². The van der Waals surface area contributed by atoms with Crippen LogP contribution >= 0.6 is 0 Å². The van der Waals surface area contributed by atoms with E-state index in [0.29, 0.717) is 29.1 Å². The van der Waals surface area contributed by atoms with E-state index in [0.717, 1.165) is 50.5 Å². The van der Waals surface area contributed by atoms with Crippen molar-refractivity contribution in [3.05, 3.63) is 89.5 Å². The average Bonchev–Trinajstić information content (AvgIpc) is 3.34. The Bertz CT molecular complexity index is 1480. The zero-order valence-electron chi connectivity index (χ0n) is 26.4. The van der Waals surface area contributed by atoms with Crippen LogP contribution in [0.5, 0.6) is 0 Å². The molecule has 43 heavy (non-hydrogen) atoms. The number of aliphatic hydroxyl groups is 2. The summed E-state index contributed by atoms with van der Waals surface area (Å²) in [5.41, 5.74) is 3.29. The summed E-state index contributed by atoms with van der Waals surface area (Å²) in [6, 6.07) is 18.7. The van der Waals surface area contributed by atoms with Crippen molar-refractivity contribution >= 4 is 9.84 Å². The van der Waals surface area contributed by atoms with Gasteiger partial charge in [0, 0.05) is 0 Å². The number of hydrogen-bond donors (Lipinski definition) is 2. The van der Waals surface area contributed by atoms with Crippen molar-refractivity contribution in [2.75, 3.05) is 0 Å². The summed E-state index contributed by atoms with van der Waals surface area (Å²) in [6.45, 7) is 8.96. The molecule has 2 saturated carbocycles. The van der Waals surface area contributed by atoms with Gasteiger partial charge in [-0.2, -0.15) is 0 Å². The van der Waals surface area contributed by atoms with Crippen molar-refractivity contribution in [2.45, 2.75) is 107 Å². The fourth-order valence-electron chi connectivity index (χ4n) is 9.93. The van der Waals surface area contributed by atoms with Gasteiger partial charge in [-0.1, -0.05) is 92.6 Å². The van der Waals surface area contributed by atoms with Crippen LogP contribution < -0.4 is 0 Å². The summed E-state index contributed by atoms with van der Waals surface area (Å²) >= 11 is 0. The third kappa shape index (κ3) is 5.48. The largest absolute Gasteiger partial charge is 0.393 e. The summed E-state index contributed by atoms with van der Waals surface area (Å²) < 4.78 is 28.6. The maximum absolute atomic E-state index is 14.3. The average molecular weight is 603 g/mol. The lowest BCUT2D eigenvalue weighted by Crippen LogP contribution is -2.52. The lowest BCUT2D eigenvalue weighted by Gasteiger charge is -2.59. The molecule has 2 aromatic carbocycles. The van der Waals surface area contributed by atoms with E-state index in [9.17, 15) is 18.6 Å². The zero-order valence-corrected chi connectivity index (χ0v) is 27.2. The predicted octanol–water partition coefficient (Wildman–Crippen LogP) is 7.71. The third-order valence-corrected chi connectivity index (χ3v) is 14.7. The first-order valence-corrected chi connectivity index (χ1v) is 18.0. The van der Waals surface area contributed by atoms with Crippen LogP contribution in [0.3, 0.4) is 0 Å². The number of hydrogen-bond acceptors (Lipinski definition) is 4. The summed E-state index contributed by atoms with van der Waals surface area (Å²) in [7, 11) is -3.68. The van der Waals surface area contributed by atoms with Gasteiger partial charge in [0.15, 0.2) is 9.84 Å². The van der Waals surface area contributed by atoms with Gasteiger partial charge in [-0.15, -0.1) is 0 Å². The van der Waals surface area contributed by atoms with Gasteiger partial charge in [0.1, 0.15) is 0 Å². The number of aliphatic hydroxyl groups excluding tert-OH is 1. The van der Waals surface area contributed by atoms with E-state index in [1.54, 1.807) is 24.3 Å². The number of benzene rings is 2. The molecule has 4 aliphatic rings. The monoisotopic (exact) mass is 602 g/mol. The molecule has 0 aliphatic heterocycles. The van der Waals surface area contributed by atoms with E-state index in [-0.39, 0.29) is 23.2 Å². The van der Waals surface area contributed by atoms with Crippen molar-refractivity contribution in [2.24, 2.45) is 34.5 Å². The summed E-state index contributed by atoms with van der Waals surface area (Å²) in [6.07, 6.45) is 11.7. The topological polar surface area (TPSA) is 74.6 Å². The SMILES string of the molecule is C[C@@H](C1=CC[C@H]2[C@@H]3CC=C4C[C@@](C)(O)CC[C@]4(C)[C@H]3CC[C@]12C)C(CC(O)Cc1ccccc1)S(=O)(=O)c1ccccc1. The van der Waals surface area contributed by atoms with Gasteiger partial charge in [0.25, 0.3) is 0 Å². The van der Waals surface area contributed by atoms with Crippen LogP contribution in [0.2, 0.25) is 0 Å². The highest BCUT2D eigenvalue weighted by Crippen LogP contribution is 2.66. The van der Waals surface area contributed by atoms with E-state index < -0.39 is 26.8 Å². The number of fused-ring (bicyclic) bond motifs is 5. The van der Waals surface area contributed by atoms with E-state index in [1.165, 1.54) is 11.1 Å². The molecule has 0 radical (unpaired) electrons. The Balaban J connectivity index is 1.28. The molecular weight excluding hydrogens is 552 g/mol. The molecule has 0 aromatic heterocycles. The van der Waals surface area contributed by atoms with Gasteiger partial charge in [0.05, 0.1) is 21.9 Å². The molecule has 4 nitrogen and oxygen atoms in total. The minimum Gasteiger partial charge on any atom is -0.393 e. The summed E-state index contributed by atoms with van der Waals surface area (Å²) in [4.78, 5) is 0.342. The second-order valence-corrected chi connectivity index (χ2v) is 17.2. The molecule has 4 aliphatic carbocycles. The van der Waals surface area contributed by atoms with Crippen molar-refractivity contribution in [1.29, 1.82) is 0 Å². The van der Waals surface area contributed by atoms with Gasteiger partial charge in [0.2, 0.25) is 0 Å². The zero-order chi connectivity index (χ0) is 30.6. The molecule has 9 atom stereocenters. The highest BCUT2D eigenvalue weighted by Gasteiger charge is 2.58. The second-order valence-electron chi connectivity index (χ2n) is 15.0. The minimum absolute atomic E-state index is 0.0444. The van der Waals surface area contributed by atoms with Crippen molar-refractivity contribution in [1.82, 2.24) is 0 Å². The molecule has 0 amide bonds. The van der Waals surface area contributed by atoms with Crippen molar-refractivity contribution in [3.63, 3.8) is 0 Å². The normalized spacial score (nSPS) is 35.9. The van der Waals surface area contributed by atoms with Crippen molar-refractivity contribution in [3.8, 4) is 0 Å². The molecule has 5 heteroatoms. The summed E-state index contributed by atoms with van der Waals surface area (Å²) in [5.74, 6) is 1.48. The third-order valence-electron chi connectivity index (χ3n) is 12.4. The predicted molar refractivity (Wildman–Crippen MR) is 173 cm³/mol. The Morgan fingerprint density at radius 1 is 0.860 bits per heavy atom. The summed E-state index contributed by atoms with van der Waals surface area (Å²) in [5, 5.41) is 21.4. The molecule has 6 rings (SSSR count). The second kappa shape index (κ2) is 11.3. The first kappa shape index (κ1) is 30.8. The molecule has 0 saturated heterocycles. The first-order valence-electron chi connectivity index (χ1n) is 16.5. The van der Waals surface area contributed by atoms with E-state index in [2.05, 4.69) is 32.9 Å². The Morgan fingerprint density at radius 3 is 2.23 bits per heavy atom. The fourth-order valence-corrected chi connectivity index (χ4v) is 12.0. The van der Waals surface area contributed by atoms with Crippen LogP contribution in [0.4, 0.5) is 0 Å². The van der Waals surface area contributed by atoms with Gasteiger partial charge < -0.3 is 10.2 Å². The van der Waals surface area contributed by atoms with Gasteiger partial charge in [-0.25, -0.2) is 8.42 Å². The molecule has 0 spiro atoms. The first-order chi connectivity index (χ1) is 20.3. The molecule has 2 unspecified atom stereocenters. The Morgan fingerprint density at radius 2 is 1.53 bits per heavy atom. The van der Waals surface area contributed by atoms with Gasteiger partial charge in [-0.3, -0.25) is 0 Å². The lowest BCUT2D eigenvalue weighted by atomic mass is 9.46. The van der Waals surface area contributed by atoms with Crippen LogP contribution in [-0.2, 0) is 16.3 Å². The van der Waals surface area contributed by atoms with E-state index >= 15 is 0 Å². The lowest BCUT2D eigenvalue weighted by molar-refractivity contribution is -0.0533. The van der Waals surface area contributed by atoms with Crippen LogP contribution in [0, 0.1) is 34.5 Å². The minimum atomic E-state index is -3.68. The van der Waals surface area contributed by atoms with Crippen molar-refractivity contribution < 1.29 is 18.6 Å².